The summed E-state index contributed by atoms with van der Waals surface area (Å²) in [6.45, 7) is 8.52. The number of pyridine rings is 1. The number of aryl methyl sites for hydroxylation is 1. The minimum atomic E-state index is -0.501. The summed E-state index contributed by atoms with van der Waals surface area (Å²) in [6.07, 6.45) is 2.85. The largest absolute Gasteiger partial charge is 0.301 e. The van der Waals surface area contributed by atoms with E-state index in [1.165, 1.54) is 35.2 Å². The molecule has 2 unspecified atom stereocenters. The van der Waals surface area contributed by atoms with Crippen LogP contribution in [-0.4, -0.2) is 26.0 Å². The van der Waals surface area contributed by atoms with Crippen molar-refractivity contribution in [2.24, 2.45) is 11.3 Å². The Balaban J connectivity index is 1.45. The van der Waals surface area contributed by atoms with Crippen molar-refractivity contribution in [3.05, 3.63) is 62.6 Å². The SMILES string of the molecule is CC(Sc1nc2c(cc1C#N)CC(C(C)(C)C)CC2)C(=O)Nc1nc(-c2cccc([N+](=O)[O-])c2)cs1. The van der Waals surface area contributed by atoms with Crippen LogP contribution in [0.3, 0.4) is 0 Å². The molecule has 1 N–H and O–H groups in total. The second kappa shape index (κ2) is 10.4. The molecule has 1 aliphatic carbocycles. The number of nitro benzene ring substituents is 1. The lowest BCUT2D eigenvalue weighted by Crippen LogP contribution is -2.27. The Hall–Kier alpha value is -3.29. The van der Waals surface area contributed by atoms with Gasteiger partial charge in [-0.3, -0.25) is 14.9 Å². The van der Waals surface area contributed by atoms with Gasteiger partial charge in [0, 0.05) is 28.8 Å². The Labute approximate surface area is 218 Å². The second-order valence-electron chi connectivity index (χ2n) is 9.96. The van der Waals surface area contributed by atoms with E-state index >= 15 is 0 Å². The molecule has 1 amide bonds. The summed E-state index contributed by atoms with van der Waals surface area (Å²) in [4.78, 5) is 32.7. The zero-order valence-corrected chi connectivity index (χ0v) is 22.2. The summed E-state index contributed by atoms with van der Waals surface area (Å²) in [5.74, 6) is 0.294. The number of nitrogens with zero attached hydrogens (tertiary/aromatic N) is 4. The van der Waals surface area contributed by atoms with Crippen molar-refractivity contribution in [2.45, 2.75) is 57.2 Å². The fourth-order valence-corrected chi connectivity index (χ4v) is 5.84. The number of fused-ring (bicyclic) bond motifs is 1. The van der Waals surface area contributed by atoms with Crippen molar-refractivity contribution in [2.75, 3.05) is 5.32 Å². The molecule has 0 spiro atoms. The van der Waals surface area contributed by atoms with E-state index in [1.54, 1.807) is 24.4 Å². The highest BCUT2D eigenvalue weighted by atomic mass is 32.2. The Bertz CT molecular complexity index is 1360. The highest BCUT2D eigenvalue weighted by Gasteiger charge is 2.30. The van der Waals surface area contributed by atoms with Crippen LogP contribution in [0.5, 0.6) is 0 Å². The molecule has 186 valence electrons. The van der Waals surface area contributed by atoms with E-state index in [-0.39, 0.29) is 17.0 Å². The minimum absolute atomic E-state index is 0.0177. The van der Waals surface area contributed by atoms with Gasteiger partial charge in [0.25, 0.3) is 5.69 Å². The van der Waals surface area contributed by atoms with Crippen molar-refractivity contribution in [3.8, 4) is 17.3 Å². The molecule has 0 radical (unpaired) electrons. The van der Waals surface area contributed by atoms with Crippen LogP contribution in [0.1, 0.15) is 50.9 Å². The van der Waals surface area contributed by atoms with Crippen molar-refractivity contribution < 1.29 is 9.72 Å². The standard InChI is InChI=1S/C26H27N5O3S2/c1-15(23(32)30-25-29-22(14-35-25)16-6-5-7-20(12-16)31(33)34)36-24-18(13-27)10-17-11-19(26(2,3)4)8-9-21(17)28-24/h5-7,10,12,14-15,19H,8-9,11H2,1-4H3,(H,29,30,32). The lowest BCUT2D eigenvalue weighted by molar-refractivity contribution is -0.384. The summed E-state index contributed by atoms with van der Waals surface area (Å²) < 4.78 is 0. The molecule has 0 fully saturated rings. The number of carbonyl (C=O) groups is 1. The van der Waals surface area contributed by atoms with Gasteiger partial charge >= 0.3 is 0 Å². The zero-order valence-electron chi connectivity index (χ0n) is 20.6. The molecular formula is C26H27N5O3S2. The van der Waals surface area contributed by atoms with E-state index < -0.39 is 10.2 Å². The van der Waals surface area contributed by atoms with Gasteiger partial charge in [0.15, 0.2) is 5.13 Å². The van der Waals surface area contributed by atoms with Crippen molar-refractivity contribution in [1.29, 1.82) is 5.26 Å². The topological polar surface area (TPSA) is 122 Å². The van der Waals surface area contributed by atoms with Gasteiger partial charge in [0.1, 0.15) is 11.1 Å². The normalized spacial score (nSPS) is 16.0. The lowest BCUT2D eigenvalue weighted by atomic mass is 9.71. The number of hydrogen-bond donors (Lipinski definition) is 1. The summed E-state index contributed by atoms with van der Waals surface area (Å²) in [7, 11) is 0. The van der Waals surface area contributed by atoms with E-state index in [0.29, 0.717) is 32.9 Å². The highest BCUT2D eigenvalue weighted by molar-refractivity contribution is 8.00. The fraction of sp³-hybridized carbons (Fsp3) is 0.385. The first-order valence-electron chi connectivity index (χ1n) is 11.7. The lowest BCUT2D eigenvalue weighted by Gasteiger charge is -2.34. The number of amides is 1. The van der Waals surface area contributed by atoms with Gasteiger partial charge < -0.3 is 5.32 Å². The molecule has 2 atom stereocenters. The third-order valence-electron chi connectivity index (χ3n) is 6.44. The molecule has 0 saturated carbocycles. The van der Waals surface area contributed by atoms with E-state index in [2.05, 4.69) is 37.1 Å². The Morgan fingerprint density at radius 3 is 2.81 bits per heavy atom. The number of aromatic nitrogens is 2. The molecule has 3 aromatic rings. The number of thioether (sulfide) groups is 1. The second-order valence-corrected chi connectivity index (χ2v) is 12.1. The molecule has 2 aromatic heterocycles. The molecule has 0 saturated heterocycles. The number of benzene rings is 1. The van der Waals surface area contributed by atoms with Crippen LogP contribution >= 0.6 is 23.1 Å². The Kier molecular flexibility index (Phi) is 7.43. The first-order chi connectivity index (χ1) is 17.0. The van der Waals surface area contributed by atoms with Gasteiger partial charge in [-0.15, -0.1) is 11.3 Å². The predicted molar refractivity (Wildman–Crippen MR) is 142 cm³/mol. The van der Waals surface area contributed by atoms with E-state index in [0.717, 1.165) is 30.5 Å². The number of nitrogens with one attached hydrogen (secondary N) is 1. The monoisotopic (exact) mass is 521 g/mol. The number of thiazole rings is 1. The van der Waals surface area contributed by atoms with E-state index in [4.69, 9.17) is 4.98 Å². The number of non-ortho nitro benzene ring substituents is 1. The van der Waals surface area contributed by atoms with Crippen LogP contribution in [0, 0.1) is 32.8 Å². The summed E-state index contributed by atoms with van der Waals surface area (Å²) >= 11 is 2.51. The number of hydrogen-bond acceptors (Lipinski definition) is 8. The predicted octanol–water partition coefficient (Wildman–Crippen LogP) is 6.26. The average Bonchev–Trinajstić information content (AvgIpc) is 3.31. The fourth-order valence-electron chi connectivity index (χ4n) is 4.23. The molecule has 10 heteroatoms. The van der Waals surface area contributed by atoms with Crippen molar-refractivity contribution >= 4 is 39.8 Å². The molecule has 2 heterocycles. The quantitative estimate of drug-likeness (QED) is 0.231. The van der Waals surface area contributed by atoms with Crippen LogP contribution in [0.4, 0.5) is 10.8 Å². The molecule has 1 aliphatic rings. The molecule has 8 nitrogen and oxygen atoms in total. The van der Waals surface area contributed by atoms with Crippen molar-refractivity contribution in [1.82, 2.24) is 9.97 Å². The number of nitriles is 1. The van der Waals surface area contributed by atoms with E-state index in [9.17, 15) is 20.2 Å². The first kappa shape index (κ1) is 25.8. The number of nitro groups is 1. The van der Waals surface area contributed by atoms with Gasteiger partial charge in [-0.2, -0.15) is 5.26 Å². The van der Waals surface area contributed by atoms with Gasteiger partial charge in [-0.25, -0.2) is 9.97 Å². The van der Waals surface area contributed by atoms with Crippen LogP contribution in [0.15, 0.2) is 40.7 Å². The average molecular weight is 522 g/mol. The molecule has 0 bridgehead atoms. The van der Waals surface area contributed by atoms with Gasteiger partial charge in [-0.05, 0) is 49.1 Å². The zero-order chi connectivity index (χ0) is 26.0. The summed E-state index contributed by atoms with van der Waals surface area (Å²) in [5.41, 5.74) is 3.99. The molecule has 1 aromatic carbocycles. The maximum absolute atomic E-state index is 12.9. The summed E-state index contributed by atoms with van der Waals surface area (Å²) in [5, 5.41) is 25.8. The maximum atomic E-state index is 12.9. The maximum Gasteiger partial charge on any atom is 0.270 e. The van der Waals surface area contributed by atoms with Gasteiger partial charge in [-0.1, -0.05) is 44.7 Å². The molecule has 0 aliphatic heterocycles. The number of anilines is 1. The van der Waals surface area contributed by atoms with Gasteiger partial charge in [0.05, 0.1) is 21.4 Å². The molecule has 4 rings (SSSR count). The van der Waals surface area contributed by atoms with Gasteiger partial charge in [0.2, 0.25) is 5.91 Å². The highest BCUT2D eigenvalue weighted by Crippen LogP contribution is 2.38. The first-order valence-corrected chi connectivity index (χ1v) is 13.4. The summed E-state index contributed by atoms with van der Waals surface area (Å²) in [6, 6.07) is 10.4. The van der Waals surface area contributed by atoms with Crippen LogP contribution in [-0.2, 0) is 17.6 Å². The molecule has 36 heavy (non-hydrogen) atoms. The van der Waals surface area contributed by atoms with Crippen LogP contribution in [0.25, 0.3) is 11.3 Å². The van der Waals surface area contributed by atoms with E-state index in [1.807, 2.05) is 6.07 Å². The third-order valence-corrected chi connectivity index (χ3v) is 8.30. The third kappa shape index (κ3) is 5.74. The number of carbonyl (C=O) groups excluding carboxylic acids is 1. The number of rotatable bonds is 6. The van der Waals surface area contributed by atoms with Crippen LogP contribution < -0.4 is 5.32 Å². The minimum Gasteiger partial charge on any atom is -0.301 e. The Morgan fingerprint density at radius 1 is 1.33 bits per heavy atom. The van der Waals surface area contributed by atoms with Crippen LogP contribution in [0.2, 0.25) is 0 Å². The molecular weight excluding hydrogens is 494 g/mol. The Morgan fingerprint density at radius 2 is 2.11 bits per heavy atom. The smallest absolute Gasteiger partial charge is 0.270 e. The van der Waals surface area contributed by atoms with Crippen molar-refractivity contribution in [3.63, 3.8) is 0 Å².